The molecule has 0 aliphatic carbocycles. The lowest BCUT2D eigenvalue weighted by molar-refractivity contribution is 0.0936. The van der Waals surface area contributed by atoms with Gasteiger partial charge in [0.2, 0.25) is 0 Å². The zero-order valence-electron chi connectivity index (χ0n) is 8.13. The number of aliphatic hydroxyl groups is 1. The fourth-order valence-electron chi connectivity index (χ4n) is 1.11. The minimum absolute atomic E-state index is 0.0995. The first-order valence-electron chi connectivity index (χ1n) is 4.38. The van der Waals surface area contributed by atoms with Gasteiger partial charge in [-0.25, -0.2) is 8.78 Å². The van der Waals surface area contributed by atoms with Gasteiger partial charge in [0.1, 0.15) is 17.2 Å². The number of aliphatic hydroxyl groups excluding tert-OH is 1. The Balaban J connectivity index is 3.06. The van der Waals surface area contributed by atoms with Crippen LogP contribution in [0.5, 0.6) is 0 Å². The zero-order chi connectivity index (χ0) is 12.1. The average Bonchev–Trinajstić information content (AvgIpc) is 2.25. The number of carbonyl (C=O) groups is 1. The van der Waals surface area contributed by atoms with E-state index in [-0.39, 0.29) is 18.7 Å². The van der Waals surface area contributed by atoms with Crippen molar-refractivity contribution >= 4 is 5.91 Å². The molecule has 0 aliphatic rings. The summed E-state index contributed by atoms with van der Waals surface area (Å²) >= 11 is 0. The molecule has 0 spiro atoms. The molecule has 16 heavy (non-hydrogen) atoms. The predicted octanol–water partition coefficient (Wildman–Crippen LogP) is 0.559. The zero-order valence-corrected chi connectivity index (χ0v) is 8.13. The van der Waals surface area contributed by atoms with E-state index in [0.29, 0.717) is 0 Å². The number of halogens is 2. The Labute approximate surface area is 90.1 Å². The maximum absolute atomic E-state index is 13.3. The van der Waals surface area contributed by atoms with Gasteiger partial charge in [0.05, 0.1) is 18.2 Å². The third kappa shape index (κ3) is 2.52. The average molecular weight is 226 g/mol. The van der Waals surface area contributed by atoms with Gasteiger partial charge < -0.3 is 10.4 Å². The molecule has 0 fully saturated rings. The molecule has 0 saturated carbocycles. The summed E-state index contributed by atoms with van der Waals surface area (Å²) in [5, 5.41) is 19.0. The highest BCUT2D eigenvalue weighted by atomic mass is 19.1. The van der Waals surface area contributed by atoms with E-state index in [1.165, 1.54) is 0 Å². The van der Waals surface area contributed by atoms with Crippen LogP contribution in [0.15, 0.2) is 12.1 Å². The molecule has 0 aliphatic heterocycles. The van der Waals surface area contributed by atoms with Gasteiger partial charge in [-0.15, -0.1) is 0 Å². The molecule has 1 aromatic carbocycles. The lowest BCUT2D eigenvalue weighted by Gasteiger charge is -2.05. The van der Waals surface area contributed by atoms with Crippen LogP contribution in [0.3, 0.4) is 0 Å². The molecule has 0 heterocycles. The Hall–Kier alpha value is -2.00. The smallest absolute Gasteiger partial charge is 0.257 e. The van der Waals surface area contributed by atoms with E-state index in [0.717, 1.165) is 12.1 Å². The van der Waals surface area contributed by atoms with E-state index in [4.69, 9.17) is 10.4 Å². The fourth-order valence-corrected chi connectivity index (χ4v) is 1.11. The Kier molecular flexibility index (Phi) is 3.91. The third-order valence-corrected chi connectivity index (χ3v) is 1.80. The molecule has 0 saturated heterocycles. The van der Waals surface area contributed by atoms with Crippen molar-refractivity contribution in [1.82, 2.24) is 5.32 Å². The van der Waals surface area contributed by atoms with Gasteiger partial charge >= 0.3 is 0 Å². The van der Waals surface area contributed by atoms with Gasteiger partial charge in [0, 0.05) is 6.54 Å². The second-order valence-electron chi connectivity index (χ2n) is 2.91. The molecule has 84 valence electrons. The molecular weight excluding hydrogens is 218 g/mol. The van der Waals surface area contributed by atoms with E-state index in [1.54, 1.807) is 6.07 Å². The maximum atomic E-state index is 13.3. The van der Waals surface area contributed by atoms with Crippen LogP contribution in [-0.4, -0.2) is 24.2 Å². The van der Waals surface area contributed by atoms with Crippen molar-refractivity contribution in [1.29, 1.82) is 5.26 Å². The van der Waals surface area contributed by atoms with Gasteiger partial charge in [0.15, 0.2) is 0 Å². The van der Waals surface area contributed by atoms with Crippen molar-refractivity contribution < 1.29 is 18.7 Å². The molecule has 6 heteroatoms. The normalized spacial score (nSPS) is 9.62. The van der Waals surface area contributed by atoms with Gasteiger partial charge in [-0.1, -0.05) is 0 Å². The highest BCUT2D eigenvalue weighted by Gasteiger charge is 2.18. The highest BCUT2D eigenvalue weighted by Crippen LogP contribution is 2.14. The highest BCUT2D eigenvalue weighted by molar-refractivity contribution is 5.94. The van der Waals surface area contributed by atoms with Crippen molar-refractivity contribution in [3.05, 3.63) is 34.9 Å². The molecule has 1 amide bonds. The number of benzene rings is 1. The Morgan fingerprint density at radius 1 is 1.44 bits per heavy atom. The van der Waals surface area contributed by atoms with E-state index in [1.807, 2.05) is 0 Å². The Morgan fingerprint density at radius 2 is 2.00 bits per heavy atom. The van der Waals surface area contributed by atoms with Crippen LogP contribution in [0.25, 0.3) is 0 Å². The number of hydrogen-bond donors (Lipinski definition) is 2. The van der Waals surface area contributed by atoms with Crippen LogP contribution in [0.2, 0.25) is 0 Å². The lowest BCUT2D eigenvalue weighted by Crippen LogP contribution is -2.28. The van der Waals surface area contributed by atoms with Gasteiger partial charge in [-0.3, -0.25) is 4.79 Å². The Morgan fingerprint density at radius 3 is 2.44 bits per heavy atom. The molecule has 0 aromatic heterocycles. The first-order chi connectivity index (χ1) is 7.60. The topological polar surface area (TPSA) is 73.1 Å². The van der Waals surface area contributed by atoms with E-state index in [2.05, 4.69) is 5.32 Å². The molecular formula is C10H8F2N2O2. The molecule has 0 atom stereocenters. The van der Waals surface area contributed by atoms with Crippen molar-refractivity contribution in [3.8, 4) is 6.07 Å². The predicted molar refractivity (Wildman–Crippen MR) is 50.5 cm³/mol. The molecule has 2 N–H and O–H groups in total. The Bertz CT molecular complexity index is 432. The number of hydrogen-bond acceptors (Lipinski definition) is 3. The molecule has 0 radical (unpaired) electrons. The van der Waals surface area contributed by atoms with Crippen LogP contribution >= 0.6 is 0 Å². The summed E-state index contributed by atoms with van der Waals surface area (Å²) in [4.78, 5) is 11.3. The first kappa shape index (κ1) is 12.1. The number of amides is 1. The second-order valence-corrected chi connectivity index (χ2v) is 2.91. The molecule has 0 unspecified atom stereocenters. The van der Waals surface area contributed by atoms with Crippen LogP contribution in [0.1, 0.15) is 15.9 Å². The third-order valence-electron chi connectivity index (χ3n) is 1.80. The largest absolute Gasteiger partial charge is 0.395 e. The van der Waals surface area contributed by atoms with Crippen molar-refractivity contribution in [2.24, 2.45) is 0 Å². The molecule has 1 rings (SSSR count). The summed E-state index contributed by atoms with van der Waals surface area (Å²) in [6.07, 6.45) is 0. The molecule has 0 bridgehead atoms. The summed E-state index contributed by atoms with van der Waals surface area (Å²) in [6, 6.07) is 3.12. The summed E-state index contributed by atoms with van der Waals surface area (Å²) in [5.41, 5.74) is -0.957. The van der Waals surface area contributed by atoms with E-state index in [9.17, 15) is 13.6 Å². The summed E-state index contributed by atoms with van der Waals surface area (Å²) < 4.78 is 26.5. The summed E-state index contributed by atoms with van der Waals surface area (Å²) in [6.45, 7) is -0.428. The monoisotopic (exact) mass is 226 g/mol. The minimum atomic E-state index is -1.10. The second kappa shape index (κ2) is 5.19. The van der Waals surface area contributed by atoms with Crippen LogP contribution < -0.4 is 5.32 Å². The van der Waals surface area contributed by atoms with Crippen LogP contribution in [0, 0.1) is 23.0 Å². The SMILES string of the molecule is N#Cc1cc(F)c(C(=O)NCCO)c(F)c1. The fraction of sp³-hybridized carbons (Fsp3) is 0.200. The van der Waals surface area contributed by atoms with Crippen molar-refractivity contribution in [2.75, 3.05) is 13.2 Å². The minimum Gasteiger partial charge on any atom is -0.395 e. The number of nitrogens with one attached hydrogen (secondary N) is 1. The van der Waals surface area contributed by atoms with Gasteiger partial charge in [-0.2, -0.15) is 5.26 Å². The van der Waals surface area contributed by atoms with Crippen LogP contribution in [0.4, 0.5) is 8.78 Å². The van der Waals surface area contributed by atoms with Crippen LogP contribution in [-0.2, 0) is 0 Å². The number of carbonyl (C=O) groups excluding carboxylic acids is 1. The van der Waals surface area contributed by atoms with Crippen molar-refractivity contribution in [2.45, 2.75) is 0 Å². The maximum Gasteiger partial charge on any atom is 0.257 e. The standard InChI is InChI=1S/C10H8F2N2O2/c11-7-3-6(5-13)4-8(12)9(7)10(16)14-1-2-15/h3-4,15H,1-2H2,(H,14,16). The van der Waals surface area contributed by atoms with E-state index >= 15 is 0 Å². The van der Waals surface area contributed by atoms with Gasteiger partial charge in [0.25, 0.3) is 5.91 Å². The summed E-state index contributed by atoms with van der Waals surface area (Å²) in [7, 11) is 0. The lowest BCUT2D eigenvalue weighted by atomic mass is 10.1. The van der Waals surface area contributed by atoms with E-state index < -0.39 is 23.1 Å². The number of nitrogens with zero attached hydrogens (tertiary/aromatic N) is 1. The molecule has 4 nitrogen and oxygen atoms in total. The van der Waals surface area contributed by atoms with Gasteiger partial charge in [-0.05, 0) is 12.1 Å². The molecule has 1 aromatic rings. The number of nitriles is 1. The van der Waals surface area contributed by atoms with Crippen molar-refractivity contribution in [3.63, 3.8) is 0 Å². The first-order valence-corrected chi connectivity index (χ1v) is 4.38. The quantitative estimate of drug-likeness (QED) is 0.790. The summed E-state index contributed by atoms with van der Waals surface area (Å²) in [5.74, 6) is -3.17. The number of rotatable bonds is 3.